The van der Waals surface area contributed by atoms with E-state index in [-0.39, 0.29) is 15.7 Å². The molecular formula is C17H12BrF4NO4. The number of alkyl halides is 3. The summed E-state index contributed by atoms with van der Waals surface area (Å²) < 4.78 is 62.3. The van der Waals surface area contributed by atoms with Gasteiger partial charge in [0.15, 0.2) is 0 Å². The van der Waals surface area contributed by atoms with Gasteiger partial charge in [-0.1, -0.05) is 6.08 Å². The van der Waals surface area contributed by atoms with Gasteiger partial charge in [0.25, 0.3) is 0 Å². The smallest absolute Gasteiger partial charge is 0.419 e. The summed E-state index contributed by atoms with van der Waals surface area (Å²) in [6.45, 7) is 0. The van der Waals surface area contributed by atoms with E-state index in [9.17, 15) is 27.2 Å². The van der Waals surface area contributed by atoms with Gasteiger partial charge in [-0.25, -0.2) is 14.0 Å². The Kier molecular flexibility index (Phi) is 6.09. The first kappa shape index (κ1) is 20.7. The van der Waals surface area contributed by atoms with Gasteiger partial charge in [0.05, 0.1) is 31.0 Å². The highest BCUT2D eigenvalue weighted by Gasteiger charge is 2.36. The maximum Gasteiger partial charge on any atom is 0.419 e. The summed E-state index contributed by atoms with van der Waals surface area (Å²) in [4.78, 5) is 25.3. The molecule has 0 aliphatic carbocycles. The molecule has 0 N–H and O–H groups in total. The van der Waals surface area contributed by atoms with E-state index in [1.807, 2.05) is 0 Å². The van der Waals surface area contributed by atoms with Gasteiger partial charge in [0.2, 0.25) is 0 Å². The predicted molar refractivity (Wildman–Crippen MR) is 90.9 cm³/mol. The molecule has 0 unspecified atom stereocenters. The lowest BCUT2D eigenvalue weighted by molar-refractivity contribution is -0.140. The summed E-state index contributed by atoms with van der Waals surface area (Å²) in [5.74, 6) is -3.40. The average molecular weight is 450 g/mol. The number of allylic oxidation sites excluding steroid dienone is 2. The molecule has 5 nitrogen and oxygen atoms in total. The van der Waals surface area contributed by atoms with Crippen molar-refractivity contribution in [3.05, 3.63) is 63.7 Å². The molecule has 0 radical (unpaired) electrons. The highest BCUT2D eigenvalue weighted by Crippen LogP contribution is 2.39. The fraction of sp³-hybridized carbons (Fsp3) is 0.176. The zero-order chi connectivity index (χ0) is 20.4. The van der Waals surface area contributed by atoms with Crippen LogP contribution >= 0.6 is 15.9 Å². The van der Waals surface area contributed by atoms with Crippen LogP contribution < -0.4 is 4.90 Å². The molecule has 0 spiro atoms. The maximum atomic E-state index is 13.8. The van der Waals surface area contributed by atoms with Crippen molar-refractivity contribution in [1.29, 1.82) is 0 Å². The lowest BCUT2D eigenvalue weighted by Crippen LogP contribution is -2.27. The van der Waals surface area contributed by atoms with Gasteiger partial charge >= 0.3 is 18.1 Å². The van der Waals surface area contributed by atoms with Crippen LogP contribution in [-0.4, -0.2) is 26.2 Å². The number of hydrogen-bond donors (Lipinski definition) is 0. The predicted octanol–water partition coefficient (Wildman–Crippen LogP) is 4.10. The summed E-state index contributed by atoms with van der Waals surface area (Å²) in [6.07, 6.45) is 0.278. The third-order valence-corrected chi connectivity index (χ3v) is 4.13. The van der Waals surface area contributed by atoms with Gasteiger partial charge in [0.1, 0.15) is 11.5 Å². The first-order valence-corrected chi connectivity index (χ1v) is 8.02. The van der Waals surface area contributed by atoms with Crippen LogP contribution in [0.15, 0.2) is 52.3 Å². The zero-order valence-electron chi connectivity index (χ0n) is 13.9. The molecule has 0 saturated heterocycles. The second-order valence-corrected chi connectivity index (χ2v) is 5.95. The number of ether oxygens (including phenoxy) is 2. The molecule has 2 rings (SSSR count). The fourth-order valence-electron chi connectivity index (χ4n) is 2.29. The SMILES string of the molecule is COC(=O)C1=C(C(=O)OC)N(c2cc(C(F)(F)F)c(F)cc2Br)C=CC=C1. The van der Waals surface area contributed by atoms with E-state index in [4.69, 9.17) is 0 Å². The normalized spacial score (nSPS) is 14.3. The summed E-state index contributed by atoms with van der Waals surface area (Å²) in [5, 5.41) is 0. The van der Waals surface area contributed by atoms with Crippen molar-refractivity contribution < 1.29 is 36.6 Å². The number of methoxy groups -OCH3 is 2. The molecule has 144 valence electrons. The molecular weight excluding hydrogens is 438 g/mol. The molecule has 0 saturated carbocycles. The van der Waals surface area contributed by atoms with Crippen LogP contribution in [0.1, 0.15) is 5.56 Å². The second kappa shape index (κ2) is 7.95. The van der Waals surface area contributed by atoms with E-state index in [2.05, 4.69) is 25.4 Å². The van der Waals surface area contributed by atoms with Gasteiger partial charge in [0, 0.05) is 10.7 Å². The van der Waals surface area contributed by atoms with Crippen molar-refractivity contribution in [3.63, 3.8) is 0 Å². The van der Waals surface area contributed by atoms with Gasteiger partial charge < -0.3 is 14.4 Å². The standard InChI is InChI=1S/C17H12BrF4NO4/c1-26-15(24)9-5-3-4-6-23(14(9)16(25)27-2)13-7-10(17(20,21)22)12(19)8-11(13)18/h3-8H,1-2H3. The van der Waals surface area contributed by atoms with Crippen molar-refractivity contribution in [1.82, 2.24) is 0 Å². The Morgan fingerprint density at radius 1 is 1.07 bits per heavy atom. The van der Waals surface area contributed by atoms with Gasteiger partial charge in [-0.05, 0) is 40.2 Å². The summed E-state index contributed by atoms with van der Waals surface area (Å²) in [5.41, 5.74) is -2.41. The minimum Gasteiger partial charge on any atom is -0.465 e. The van der Waals surface area contributed by atoms with Crippen molar-refractivity contribution in [2.24, 2.45) is 0 Å². The summed E-state index contributed by atoms with van der Waals surface area (Å²) >= 11 is 2.99. The van der Waals surface area contributed by atoms with Crippen LogP contribution in [0.5, 0.6) is 0 Å². The number of halogens is 5. The van der Waals surface area contributed by atoms with Crippen molar-refractivity contribution in [3.8, 4) is 0 Å². The van der Waals surface area contributed by atoms with Crippen molar-refractivity contribution in [2.45, 2.75) is 6.18 Å². The number of nitrogens with zero attached hydrogens (tertiary/aromatic N) is 1. The average Bonchev–Trinajstić information content (AvgIpc) is 2.82. The van der Waals surface area contributed by atoms with Crippen molar-refractivity contribution in [2.75, 3.05) is 19.1 Å². The molecule has 0 amide bonds. The van der Waals surface area contributed by atoms with Crippen LogP contribution in [0.4, 0.5) is 23.2 Å². The largest absolute Gasteiger partial charge is 0.465 e. The molecule has 0 atom stereocenters. The van der Waals surface area contributed by atoms with E-state index < -0.39 is 35.2 Å². The van der Waals surface area contributed by atoms with Crippen LogP contribution in [-0.2, 0) is 25.2 Å². The number of anilines is 1. The maximum absolute atomic E-state index is 13.8. The molecule has 1 aliphatic heterocycles. The molecule has 1 heterocycles. The Labute approximate surface area is 159 Å². The van der Waals surface area contributed by atoms with E-state index >= 15 is 0 Å². The molecule has 1 aromatic rings. The molecule has 27 heavy (non-hydrogen) atoms. The Morgan fingerprint density at radius 2 is 1.70 bits per heavy atom. The van der Waals surface area contributed by atoms with E-state index in [1.54, 1.807) is 0 Å². The van der Waals surface area contributed by atoms with Crippen LogP contribution in [0.3, 0.4) is 0 Å². The number of esters is 2. The Bertz CT molecular complexity index is 874. The topological polar surface area (TPSA) is 55.8 Å². The summed E-state index contributed by atoms with van der Waals surface area (Å²) in [7, 11) is 2.12. The Balaban J connectivity index is 2.78. The number of rotatable bonds is 3. The van der Waals surface area contributed by atoms with E-state index in [0.717, 1.165) is 19.1 Å². The number of carbonyl (C=O) groups is 2. The molecule has 0 fully saturated rings. The summed E-state index contributed by atoms with van der Waals surface area (Å²) in [6, 6.07) is 1.14. The van der Waals surface area contributed by atoms with E-state index in [0.29, 0.717) is 12.1 Å². The van der Waals surface area contributed by atoms with Gasteiger partial charge in [-0.2, -0.15) is 13.2 Å². The number of carbonyl (C=O) groups excluding carboxylic acids is 2. The molecule has 0 aromatic heterocycles. The lowest BCUT2D eigenvalue weighted by atomic mass is 10.1. The number of hydrogen-bond acceptors (Lipinski definition) is 5. The van der Waals surface area contributed by atoms with Crippen LogP contribution in [0.2, 0.25) is 0 Å². The van der Waals surface area contributed by atoms with Crippen molar-refractivity contribution >= 4 is 33.6 Å². The minimum atomic E-state index is -4.96. The lowest BCUT2D eigenvalue weighted by Gasteiger charge is -2.25. The van der Waals surface area contributed by atoms with Gasteiger partial charge in [-0.3, -0.25) is 0 Å². The monoisotopic (exact) mass is 449 g/mol. The third kappa shape index (κ3) is 4.21. The van der Waals surface area contributed by atoms with Crippen LogP contribution in [0, 0.1) is 5.82 Å². The highest BCUT2D eigenvalue weighted by atomic mass is 79.9. The molecule has 1 aliphatic rings. The van der Waals surface area contributed by atoms with Gasteiger partial charge in [-0.15, -0.1) is 0 Å². The molecule has 10 heteroatoms. The first-order valence-electron chi connectivity index (χ1n) is 7.23. The zero-order valence-corrected chi connectivity index (χ0v) is 15.5. The number of benzene rings is 1. The first-order chi connectivity index (χ1) is 12.6. The third-order valence-electron chi connectivity index (χ3n) is 3.49. The minimum absolute atomic E-state index is 0.0785. The Morgan fingerprint density at radius 3 is 2.26 bits per heavy atom. The van der Waals surface area contributed by atoms with E-state index in [1.165, 1.54) is 24.4 Å². The molecule has 1 aromatic carbocycles. The fourth-order valence-corrected chi connectivity index (χ4v) is 2.80. The molecule has 0 bridgehead atoms. The van der Waals surface area contributed by atoms with Crippen LogP contribution in [0.25, 0.3) is 0 Å². The quantitative estimate of drug-likeness (QED) is 0.513. The highest BCUT2D eigenvalue weighted by molar-refractivity contribution is 9.10. The Hall–Kier alpha value is -2.62. The second-order valence-electron chi connectivity index (χ2n) is 5.10.